The van der Waals surface area contributed by atoms with E-state index in [9.17, 15) is 5.11 Å². The minimum Gasteiger partial charge on any atom is -0.508 e. The van der Waals surface area contributed by atoms with Gasteiger partial charge in [0, 0.05) is 22.1 Å². The molecule has 0 radical (unpaired) electrons. The third kappa shape index (κ3) is 4.29. The molecule has 2 nitrogen and oxygen atoms in total. The Morgan fingerprint density at radius 2 is 1.94 bits per heavy atom. The maximum atomic E-state index is 9.99. The number of phenolic OH excluding ortho intramolecular Hbond substituents is 1. The summed E-state index contributed by atoms with van der Waals surface area (Å²) in [4.78, 5) is 0. The summed E-state index contributed by atoms with van der Waals surface area (Å²) in [5.41, 5.74) is 0.987. The first-order valence-corrected chi connectivity index (χ1v) is 7.66. The molecule has 3 heteroatoms. The fraction of sp³-hybridized carbons (Fsp3) is 0.600. The van der Waals surface area contributed by atoms with Crippen LogP contribution in [0.1, 0.15) is 58.1 Å². The average molecular weight is 314 g/mol. The van der Waals surface area contributed by atoms with Crippen molar-refractivity contribution in [2.24, 2.45) is 0 Å². The lowest BCUT2D eigenvalue weighted by Crippen LogP contribution is -2.32. The monoisotopic (exact) mass is 313 g/mol. The van der Waals surface area contributed by atoms with E-state index in [1.807, 2.05) is 12.1 Å². The number of hydrogen-bond donors (Lipinski definition) is 2. The van der Waals surface area contributed by atoms with Crippen LogP contribution >= 0.6 is 15.9 Å². The predicted octanol–water partition coefficient (Wildman–Crippen LogP) is 4.77. The summed E-state index contributed by atoms with van der Waals surface area (Å²) in [6, 6.07) is 6.38. The molecule has 0 saturated heterocycles. The van der Waals surface area contributed by atoms with Gasteiger partial charge in [0.1, 0.15) is 5.75 Å². The zero-order chi connectivity index (χ0) is 13.5. The Labute approximate surface area is 119 Å². The van der Waals surface area contributed by atoms with Crippen molar-refractivity contribution < 1.29 is 5.11 Å². The number of benzene rings is 1. The molecule has 2 atom stereocenters. The van der Waals surface area contributed by atoms with Gasteiger partial charge in [0.2, 0.25) is 0 Å². The molecule has 2 N–H and O–H groups in total. The summed E-state index contributed by atoms with van der Waals surface area (Å²) >= 11 is 3.47. The second kappa shape index (κ2) is 7.80. The summed E-state index contributed by atoms with van der Waals surface area (Å²) < 4.78 is 1.01. The largest absolute Gasteiger partial charge is 0.508 e. The van der Waals surface area contributed by atoms with Gasteiger partial charge in [-0.2, -0.15) is 0 Å². The van der Waals surface area contributed by atoms with Gasteiger partial charge in [-0.15, -0.1) is 0 Å². The summed E-state index contributed by atoms with van der Waals surface area (Å²) in [7, 11) is 0. The van der Waals surface area contributed by atoms with E-state index in [0.717, 1.165) is 22.9 Å². The van der Waals surface area contributed by atoms with Crippen molar-refractivity contribution in [1.29, 1.82) is 0 Å². The number of phenols is 1. The molecule has 0 aromatic heterocycles. The Morgan fingerprint density at radius 3 is 2.50 bits per heavy atom. The minimum atomic E-state index is 0.221. The average Bonchev–Trinajstić information content (AvgIpc) is 2.37. The molecule has 1 rings (SSSR count). The zero-order valence-corrected chi connectivity index (χ0v) is 13.1. The van der Waals surface area contributed by atoms with Crippen LogP contribution < -0.4 is 5.32 Å². The van der Waals surface area contributed by atoms with Crippen LogP contribution in [0.15, 0.2) is 22.7 Å². The molecule has 1 aromatic rings. The molecular formula is C15H24BrNO. The highest BCUT2D eigenvalue weighted by atomic mass is 79.9. The van der Waals surface area contributed by atoms with Gasteiger partial charge in [-0.1, -0.05) is 43.1 Å². The molecular weight excluding hydrogens is 290 g/mol. The second-order valence-electron chi connectivity index (χ2n) is 4.72. The van der Waals surface area contributed by atoms with Crippen molar-refractivity contribution in [3.8, 4) is 5.75 Å². The number of nitrogens with one attached hydrogen (secondary N) is 1. The Hall–Kier alpha value is -0.540. The van der Waals surface area contributed by atoms with E-state index in [1.165, 1.54) is 12.8 Å². The van der Waals surface area contributed by atoms with Crippen molar-refractivity contribution in [3.63, 3.8) is 0 Å². The van der Waals surface area contributed by atoms with E-state index < -0.39 is 0 Å². The normalized spacial score (nSPS) is 14.4. The topological polar surface area (TPSA) is 32.3 Å². The van der Waals surface area contributed by atoms with Gasteiger partial charge in [0.25, 0.3) is 0 Å². The molecule has 0 spiro atoms. The highest BCUT2D eigenvalue weighted by Crippen LogP contribution is 2.30. The van der Waals surface area contributed by atoms with E-state index in [2.05, 4.69) is 42.0 Å². The number of aromatic hydroxyl groups is 1. The standard InChI is InChI=1S/C15H24BrNO/c1-4-7-12(5-2)17-14(6-3)13-10-11(16)8-9-15(13)18/h8-10,12,14,17-18H,4-7H2,1-3H3. The van der Waals surface area contributed by atoms with Gasteiger partial charge < -0.3 is 10.4 Å². The second-order valence-corrected chi connectivity index (χ2v) is 5.64. The minimum absolute atomic E-state index is 0.221. The first kappa shape index (κ1) is 15.5. The Balaban J connectivity index is 2.84. The number of hydrogen-bond acceptors (Lipinski definition) is 2. The summed E-state index contributed by atoms with van der Waals surface area (Å²) in [6.45, 7) is 6.57. The first-order chi connectivity index (χ1) is 8.62. The van der Waals surface area contributed by atoms with E-state index in [1.54, 1.807) is 6.07 Å². The fourth-order valence-electron chi connectivity index (χ4n) is 2.27. The molecule has 0 bridgehead atoms. The van der Waals surface area contributed by atoms with Gasteiger partial charge >= 0.3 is 0 Å². The Bertz CT molecular complexity index is 368. The molecule has 0 saturated carbocycles. The molecule has 0 aliphatic heterocycles. The summed E-state index contributed by atoms with van der Waals surface area (Å²) in [5, 5.41) is 13.6. The van der Waals surface area contributed by atoms with Crippen molar-refractivity contribution in [1.82, 2.24) is 5.32 Å². The third-order valence-electron chi connectivity index (χ3n) is 3.34. The molecule has 0 fully saturated rings. The number of rotatable bonds is 7. The van der Waals surface area contributed by atoms with Crippen molar-refractivity contribution in [3.05, 3.63) is 28.2 Å². The quantitative estimate of drug-likeness (QED) is 0.759. The van der Waals surface area contributed by atoms with Crippen LogP contribution in [0, 0.1) is 0 Å². The van der Waals surface area contributed by atoms with E-state index in [4.69, 9.17) is 0 Å². The van der Waals surface area contributed by atoms with E-state index in [0.29, 0.717) is 11.8 Å². The zero-order valence-electron chi connectivity index (χ0n) is 11.5. The lowest BCUT2D eigenvalue weighted by atomic mass is 10.0. The van der Waals surface area contributed by atoms with Crippen LogP contribution in [0.4, 0.5) is 0 Å². The van der Waals surface area contributed by atoms with Gasteiger partial charge in [-0.25, -0.2) is 0 Å². The SMILES string of the molecule is CCCC(CC)NC(CC)c1cc(Br)ccc1O. The molecule has 0 aliphatic rings. The van der Waals surface area contributed by atoms with Crippen molar-refractivity contribution >= 4 is 15.9 Å². The van der Waals surface area contributed by atoms with Crippen LogP contribution in [0.25, 0.3) is 0 Å². The molecule has 18 heavy (non-hydrogen) atoms. The highest BCUT2D eigenvalue weighted by molar-refractivity contribution is 9.10. The predicted molar refractivity (Wildman–Crippen MR) is 81.0 cm³/mol. The first-order valence-electron chi connectivity index (χ1n) is 6.86. The lowest BCUT2D eigenvalue weighted by Gasteiger charge is -2.25. The van der Waals surface area contributed by atoms with Gasteiger partial charge in [0.15, 0.2) is 0 Å². The molecule has 0 aliphatic carbocycles. The summed E-state index contributed by atoms with van der Waals surface area (Å²) in [5.74, 6) is 0.379. The van der Waals surface area contributed by atoms with Gasteiger partial charge in [0.05, 0.1) is 0 Å². The molecule has 1 aromatic carbocycles. The van der Waals surface area contributed by atoms with Crippen LogP contribution in [0.2, 0.25) is 0 Å². The molecule has 102 valence electrons. The molecule has 2 unspecified atom stereocenters. The Morgan fingerprint density at radius 1 is 1.22 bits per heavy atom. The molecule has 0 heterocycles. The maximum absolute atomic E-state index is 9.99. The van der Waals surface area contributed by atoms with Crippen molar-refractivity contribution in [2.75, 3.05) is 0 Å². The highest BCUT2D eigenvalue weighted by Gasteiger charge is 2.17. The van der Waals surface area contributed by atoms with Crippen LogP contribution in [-0.4, -0.2) is 11.1 Å². The number of halogens is 1. The van der Waals surface area contributed by atoms with Crippen LogP contribution in [0.3, 0.4) is 0 Å². The maximum Gasteiger partial charge on any atom is 0.120 e. The van der Waals surface area contributed by atoms with Gasteiger partial charge in [-0.3, -0.25) is 0 Å². The van der Waals surface area contributed by atoms with Crippen LogP contribution in [0.5, 0.6) is 5.75 Å². The van der Waals surface area contributed by atoms with Gasteiger partial charge in [-0.05, 0) is 37.5 Å². The van der Waals surface area contributed by atoms with E-state index >= 15 is 0 Å². The lowest BCUT2D eigenvalue weighted by molar-refractivity contribution is 0.380. The molecule has 0 amide bonds. The smallest absolute Gasteiger partial charge is 0.120 e. The van der Waals surface area contributed by atoms with E-state index in [-0.39, 0.29) is 6.04 Å². The summed E-state index contributed by atoms with van der Waals surface area (Å²) in [6.07, 6.45) is 4.47. The third-order valence-corrected chi connectivity index (χ3v) is 3.83. The Kier molecular flexibility index (Phi) is 6.72. The van der Waals surface area contributed by atoms with Crippen molar-refractivity contribution in [2.45, 2.75) is 58.5 Å². The fourth-order valence-corrected chi connectivity index (χ4v) is 2.65. The van der Waals surface area contributed by atoms with Crippen LogP contribution in [-0.2, 0) is 0 Å².